The van der Waals surface area contributed by atoms with E-state index in [9.17, 15) is 0 Å². The van der Waals surface area contributed by atoms with Gasteiger partial charge in [-0.25, -0.2) is 0 Å². The van der Waals surface area contributed by atoms with Crippen LogP contribution in [0.25, 0.3) is 0 Å². The van der Waals surface area contributed by atoms with Gasteiger partial charge in [0, 0.05) is 11.6 Å². The zero-order valence-corrected chi connectivity index (χ0v) is 8.61. The normalized spacial score (nSPS) is 20.0. The Balaban J connectivity index is 1.83. The number of nitrogens with one attached hydrogen (secondary N) is 2. The molecule has 1 aliphatic rings. The lowest BCUT2D eigenvalue weighted by atomic mass is 10.3. The molecular weight excluding hydrogens is 148 g/mol. The van der Waals surface area contributed by atoms with Crippen molar-refractivity contribution in [1.82, 2.24) is 10.6 Å². The van der Waals surface area contributed by atoms with E-state index in [1.807, 2.05) is 0 Å². The molecule has 0 spiro atoms. The molecule has 0 aromatic carbocycles. The molecule has 0 heterocycles. The third-order valence-corrected chi connectivity index (χ3v) is 2.46. The van der Waals surface area contributed by atoms with Crippen LogP contribution < -0.4 is 10.6 Å². The molecule has 1 aliphatic carbocycles. The van der Waals surface area contributed by atoms with Crippen molar-refractivity contribution < 1.29 is 0 Å². The van der Waals surface area contributed by atoms with Gasteiger partial charge in [-0.3, -0.25) is 0 Å². The second-order valence-electron chi connectivity index (χ2n) is 4.45. The van der Waals surface area contributed by atoms with E-state index >= 15 is 0 Å². The maximum absolute atomic E-state index is 3.57. The highest BCUT2D eigenvalue weighted by Crippen LogP contribution is 2.33. The summed E-state index contributed by atoms with van der Waals surface area (Å²) in [6.07, 6.45) is 3.98. The average molecular weight is 170 g/mol. The molecule has 1 rings (SSSR count). The van der Waals surface area contributed by atoms with Gasteiger partial charge >= 0.3 is 0 Å². The van der Waals surface area contributed by atoms with Crippen LogP contribution in [0.5, 0.6) is 0 Å². The van der Waals surface area contributed by atoms with Crippen LogP contribution in [0.15, 0.2) is 0 Å². The molecule has 2 N–H and O–H groups in total. The van der Waals surface area contributed by atoms with Crippen LogP contribution in [0.1, 0.15) is 40.0 Å². The molecule has 0 aromatic heterocycles. The second kappa shape index (κ2) is 4.24. The molecule has 12 heavy (non-hydrogen) atoms. The van der Waals surface area contributed by atoms with Gasteiger partial charge in [0.25, 0.3) is 0 Å². The summed E-state index contributed by atoms with van der Waals surface area (Å²) in [6, 6.07) is 0.626. The summed E-state index contributed by atoms with van der Waals surface area (Å²) in [7, 11) is 0. The minimum Gasteiger partial charge on any atom is -0.314 e. The molecule has 1 fully saturated rings. The van der Waals surface area contributed by atoms with Crippen LogP contribution in [-0.2, 0) is 0 Å². The minimum atomic E-state index is 0.512. The summed E-state index contributed by atoms with van der Waals surface area (Å²) in [5, 5.41) is 6.98. The van der Waals surface area contributed by atoms with Gasteiger partial charge < -0.3 is 10.6 Å². The molecule has 0 aliphatic heterocycles. The highest BCUT2D eigenvalue weighted by molar-refractivity contribution is 4.97. The quantitative estimate of drug-likeness (QED) is 0.591. The third kappa shape index (κ3) is 4.07. The molecule has 72 valence electrons. The number of hydrogen-bond donors (Lipinski definition) is 2. The summed E-state index contributed by atoms with van der Waals surface area (Å²) < 4.78 is 0. The highest BCUT2D eigenvalue weighted by Gasteiger charge is 2.35. The largest absolute Gasteiger partial charge is 0.314 e. The van der Waals surface area contributed by atoms with Crippen molar-refractivity contribution in [2.45, 2.75) is 51.6 Å². The topological polar surface area (TPSA) is 24.1 Å². The molecule has 0 atom stereocenters. The predicted molar refractivity (Wildman–Crippen MR) is 53.4 cm³/mol. The van der Waals surface area contributed by atoms with Crippen LogP contribution in [0, 0.1) is 0 Å². The molecule has 0 unspecified atom stereocenters. The second-order valence-corrected chi connectivity index (χ2v) is 4.45. The van der Waals surface area contributed by atoms with Crippen LogP contribution in [0.3, 0.4) is 0 Å². The van der Waals surface area contributed by atoms with Crippen molar-refractivity contribution in [2.24, 2.45) is 0 Å². The Labute approximate surface area is 76.1 Å². The van der Waals surface area contributed by atoms with Crippen molar-refractivity contribution in [2.75, 3.05) is 13.1 Å². The van der Waals surface area contributed by atoms with Gasteiger partial charge in [0.05, 0.1) is 0 Å². The summed E-state index contributed by atoms with van der Waals surface area (Å²) in [6.45, 7) is 8.99. The summed E-state index contributed by atoms with van der Waals surface area (Å²) in [5.41, 5.74) is 0.512. The summed E-state index contributed by atoms with van der Waals surface area (Å²) in [4.78, 5) is 0. The molecule has 0 saturated heterocycles. The van der Waals surface area contributed by atoms with Gasteiger partial charge in [-0.1, -0.05) is 13.8 Å². The summed E-state index contributed by atoms with van der Waals surface area (Å²) in [5.74, 6) is 0. The van der Waals surface area contributed by atoms with Crippen molar-refractivity contribution in [1.29, 1.82) is 0 Å². The Morgan fingerprint density at radius 1 is 1.25 bits per heavy atom. The lowest BCUT2D eigenvalue weighted by Crippen LogP contribution is -2.32. The molecular formula is C10H22N2. The highest BCUT2D eigenvalue weighted by atomic mass is 15.0. The first-order valence-electron chi connectivity index (χ1n) is 5.11. The van der Waals surface area contributed by atoms with Crippen LogP contribution in [0.2, 0.25) is 0 Å². The zero-order valence-electron chi connectivity index (χ0n) is 8.61. The Morgan fingerprint density at radius 3 is 2.42 bits per heavy atom. The Morgan fingerprint density at radius 2 is 1.92 bits per heavy atom. The average Bonchev–Trinajstić information content (AvgIpc) is 2.67. The van der Waals surface area contributed by atoms with Crippen molar-refractivity contribution >= 4 is 0 Å². The zero-order chi connectivity index (χ0) is 9.03. The third-order valence-electron chi connectivity index (χ3n) is 2.46. The smallest absolute Gasteiger partial charge is 0.0154 e. The molecule has 2 nitrogen and oxygen atoms in total. The number of rotatable bonds is 6. The fourth-order valence-corrected chi connectivity index (χ4v) is 1.23. The van der Waals surface area contributed by atoms with Gasteiger partial charge in [-0.2, -0.15) is 0 Å². The van der Waals surface area contributed by atoms with Gasteiger partial charge in [0.1, 0.15) is 0 Å². The van der Waals surface area contributed by atoms with Crippen LogP contribution in [-0.4, -0.2) is 24.7 Å². The Bertz CT molecular complexity index is 128. The predicted octanol–water partition coefficient (Wildman–Crippen LogP) is 1.52. The van der Waals surface area contributed by atoms with E-state index in [4.69, 9.17) is 0 Å². The molecule has 0 amide bonds. The Hall–Kier alpha value is -0.0800. The molecule has 2 heteroatoms. The first kappa shape index (κ1) is 10.0. The lowest BCUT2D eigenvalue weighted by molar-refractivity contribution is 0.498. The first-order chi connectivity index (χ1) is 5.62. The van der Waals surface area contributed by atoms with Crippen molar-refractivity contribution in [3.05, 3.63) is 0 Å². The van der Waals surface area contributed by atoms with Crippen LogP contribution >= 0.6 is 0 Å². The monoisotopic (exact) mass is 170 g/mol. The number of hydrogen-bond acceptors (Lipinski definition) is 2. The maximum atomic E-state index is 3.57. The fraction of sp³-hybridized carbons (Fsp3) is 1.00. The van der Waals surface area contributed by atoms with E-state index in [-0.39, 0.29) is 0 Å². The van der Waals surface area contributed by atoms with Gasteiger partial charge in [0.15, 0.2) is 0 Å². The fourth-order valence-electron chi connectivity index (χ4n) is 1.23. The molecule has 0 aromatic rings. The van der Waals surface area contributed by atoms with E-state index < -0.39 is 0 Å². The lowest BCUT2D eigenvalue weighted by Gasteiger charge is -2.12. The van der Waals surface area contributed by atoms with E-state index in [0.29, 0.717) is 11.6 Å². The van der Waals surface area contributed by atoms with E-state index in [0.717, 1.165) is 13.1 Å². The van der Waals surface area contributed by atoms with Crippen LogP contribution in [0.4, 0.5) is 0 Å². The van der Waals surface area contributed by atoms with Crippen molar-refractivity contribution in [3.8, 4) is 0 Å². The molecule has 0 bridgehead atoms. The van der Waals surface area contributed by atoms with Gasteiger partial charge in [-0.05, 0) is 39.3 Å². The van der Waals surface area contributed by atoms with E-state index in [1.165, 1.54) is 19.3 Å². The van der Waals surface area contributed by atoms with Gasteiger partial charge in [-0.15, -0.1) is 0 Å². The van der Waals surface area contributed by atoms with Crippen molar-refractivity contribution in [3.63, 3.8) is 0 Å². The molecule has 0 radical (unpaired) electrons. The van der Waals surface area contributed by atoms with Gasteiger partial charge in [0.2, 0.25) is 0 Å². The van der Waals surface area contributed by atoms with E-state index in [2.05, 4.69) is 31.4 Å². The standard InChI is InChI=1S/C10H22N2/c1-9(2)11-7-4-8-12-10(3)5-6-10/h9,11-12H,4-8H2,1-3H3. The maximum Gasteiger partial charge on any atom is 0.0154 e. The Kier molecular flexibility index (Phi) is 3.53. The SMILES string of the molecule is CC(C)NCCCNC1(C)CC1. The first-order valence-corrected chi connectivity index (χ1v) is 5.11. The summed E-state index contributed by atoms with van der Waals surface area (Å²) >= 11 is 0. The van der Waals surface area contributed by atoms with E-state index in [1.54, 1.807) is 0 Å². The molecule has 1 saturated carbocycles. The minimum absolute atomic E-state index is 0.512.